The topological polar surface area (TPSA) is 58.0 Å². The van der Waals surface area contributed by atoms with Crippen molar-refractivity contribution in [1.82, 2.24) is 9.36 Å². The molecule has 2 aromatic heterocycles. The Labute approximate surface area is 143 Å². The van der Waals surface area contributed by atoms with Crippen LogP contribution in [0, 0.1) is 0 Å². The van der Waals surface area contributed by atoms with Crippen LogP contribution in [0.1, 0.15) is 29.0 Å². The van der Waals surface area contributed by atoms with Crippen LogP contribution in [0.2, 0.25) is 0 Å². The number of hydrogen-bond donors (Lipinski definition) is 2. The van der Waals surface area contributed by atoms with Crippen LogP contribution in [0.15, 0.2) is 35.7 Å². The van der Waals surface area contributed by atoms with E-state index in [0.29, 0.717) is 5.69 Å². The molecule has 0 radical (unpaired) electrons. The third kappa shape index (κ3) is 3.68. The summed E-state index contributed by atoms with van der Waals surface area (Å²) in [5.41, 5.74) is 0.769. The Balaban J connectivity index is 1.71. The lowest BCUT2D eigenvalue weighted by molar-refractivity contribution is -0.140. The maximum Gasteiger partial charge on any atom is 0.434 e. The first kappa shape index (κ1) is 16.7. The second-order valence-electron chi connectivity index (χ2n) is 5.09. The lowest BCUT2D eigenvalue weighted by Gasteiger charge is -2.10. The molecule has 3 rings (SSSR count). The molecule has 0 aliphatic carbocycles. The number of aromatic nitrogens is 2. The minimum Gasteiger partial charge on any atom is -0.493 e. The van der Waals surface area contributed by atoms with Gasteiger partial charge in [0.25, 0.3) is 0 Å². The van der Waals surface area contributed by atoms with Crippen molar-refractivity contribution in [1.29, 1.82) is 0 Å². The van der Waals surface area contributed by atoms with Crippen LogP contribution >= 0.6 is 22.9 Å². The predicted molar refractivity (Wildman–Crippen MR) is 88.1 cm³/mol. The van der Waals surface area contributed by atoms with Crippen LogP contribution in [-0.4, -0.2) is 14.5 Å². The van der Waals surface area contributed by atoms with Gasteiger partial charge < -0.3 is 10.4 Å². The molecule has 3 aromatic rings. The second kappa shape index (κ2) is 6.40. The molecule has 126 valence electrons. The molecule has 0 saturated carbocycles. The molecule has 0 spiro atoms. The van der Waals surface area contributed by atoms with E-state index in [9.17, 15) is 18.3 Å². The summed E-state index contributed by atoms with van der Waals surface area (Å²) in [6.07, 6.45) is -4.43. The summed E-state index contributed by atoms with van der Waals surface area (Å²) in [6, 6.07) is 8.93. The van der Waals surface area contributed by atoms with Crippen LogP contribution in [0.25, 0.3) is 0 Å². The molecule has 2 N–H and O–H groups in total. The molecule has 0 amide bonds. The Morgan fingerprint density at radius 3 is 2.46 bits per heavy atom. The van der Waals surface area contributed by atoms with Crippen LogP contribution in [0.3, 0.4) is 0 Å². The Hall–Kier alpha value is -2.13. The van der Waals surface area contributed by atoms with E-state index in [4.69, 9.17) is 0 Å². The number of halogens is 3. The number of alkyl halides is 3. The van der Waals surface area contributed by atoms with Gasteiger partial charge in [0, 0.05) is 27.9 Å². The molecule has 9 heteroatoms. The van der Waals surface area contributed by atoms with E-state index < -0.39 is 11.9 Å². The van der Waals surface area contributed by atoms with E-state index in [1.165, 1.54) is 11.5 Å². The zero-order chi connectivity index (χ0) is 17.3. The molecule has 1 atom stereocenters. The Kier molecular flexibility index (Phi) is 4.46. The van der Waals surface area contributed by atoms with Gasteiger partial charge >= 0.3 is 6.18 Å². The van der Waals surface area contributed by atoms with Crippen molar-refractivity contribution < 1.29 is 18.3 Å². The van der Waals surface area contributed by atoms with Crippen LogP contribution in [-0.2, 0) is 6.18 Å². The van der Waals surface area contributed by atoms with Crippen molar-refractivity contribution in [3.05, 3.63) is 51.8 Å². The van der Waals surface area contributed by atoms with E-state index in [0.717, 1.165) is 27.2 Å². The Morgan fingerprint density at radius 1 is 1.21 bits per heavy atom. The molecule has 0 aliphatic heterocycles. The number of aromatic hydroxyl groups is 1. The lowest BCUT2D eigenvalue weighted by atomic mass is 9.99. The summed E-state index contributed by atoms with van der Waals surface area (Å²) in [4.78, 5) is 4.47. The van der Waals surface area contributed by atoms with Crippen LogP contribution < -0.4 is 5.32 Å². The summed E-state index contributed by atoms with van der Waals surface area (Å²) < 4.78 is 41.5. The maximum absolute atomic E-state index is 12.5. The van der Waals surface area contributed by atoms with Crippen molar-refractivity contribution in [3.63, 3.8) is 0 Å². The number of nitrogens with one attached hydrogen (secondary N) is 1. The highest BCUT2D eigenvalue weighted by molar-refractivity contribution is 7.13. The highest BCUT2D eigenvalue weighted by Gasteiger charge is 2.33. The molecule has 0 fully saturated rings. The predicted octanol–water partition coefficient (Wildman–Crippen LogP) is 5.22. The molecule has 2 heterocycles. The monoisotopic (exact) mass is 371 g/mol. The zero-order valence-corrected chi connectivity index (χ0v) is 14.0. The number of nitrogens with zero attached hydrogens (tertiary/aromatic N) is 2. The first-order chi connectivity index (χ1) is 11.3. The standard InChI is InChI=1S/C15H12F3N3OS2/c1-8(11-6-13(22)21-24-11)9-2-4-10(5-3-9)19-14-20-12(7-23-14)15(16,17)18/h2-8H,1H3,(H,19,20)(H,21,22)/t8-/m1/s1. The zero-order valence-electron chi connectivity index (χ0n) is 12.3. The fourth-order valence-electron chi connectivity index (χ4n) is 2.09. The number of anilines is 2. The molecule has 0 unspecified atom stereocenters. The fraction of sp³-hybridized carbons (Fsp3) is 0.200. The first-order valence-electron chi connectivity index (χ1n) is 6.88. The van der Waals surface area contributed by atoms with Gasteiger partial charge in [-0.15, -0.1) is 11.3 Å². The van der Waals surface area contributed by atoms with E-state index >= 15 is 0 Å². The number of rotatable bonds is 4. The lowest BCUT2D eigenvalue weighted by Crippen LogP contribution is -2.05. The Morgan fingerprint density at radius 2 is 1.92 bits per heavy atom. The van der Waals surface area contributed by atoms with Crippen LogP contribution in [0.4, 0.5) is 24.0 Å². The largest absolute Gasteiger partial charge is 0.493 e. The summed E-state index contributed by atoms with van der Waals surface area (Å²) >= 11 is 2.14. The van der Waals surface area contributed by atoms with Gasteiger partial charge in [-0.25, -0.2) is 4.98 Å². The summed E-state index contributed by atoms with van der Waals surface area (Å²) in [6.45, 7) is 1.99. The van der Waals surface area contributed by atoms with E-state index in [1.807, 2.05) is 19.1 Å². The summed E-state index contributed by atoms with van der Waals surface area (Å²) in [7, 11) is 0. The number of thiazole rings is 1. The van der Waals surface area contributed by atoms with Crippen molar-refractivity contribution >= 4 is 33.7 Å². The maximum atomic E-state index is 12.5. The third-order valence-electron chi connectivity index (χ3n) is 3.40. The minimum atomic E-state index is -4.43. The molecule has 24 heavy (non-hydrogen) atoms. The molecule has 1 aromatic carbocycles. The van der Waals surface area contributed by atoms with E-state index in [-0.39, 0.29) is 16.9 Å². The van der Waals surface area contributed by atoms with Crippen molar-refractivity contribution in [2.45, 2.75) is 19.0 Å². The highest BCUT2D eigenvalue weighted by atomic mass is 32.1. The molecular weight excluding hydrogens is 359 g/mol. The Bertz CT molecular complexity index is 827. The van der Waals surface area contributed by atoms with E-state index in [1.54, 1.807) is 18.2 Å². The first-order valence-corrected chi connectivity index (χ1v) is 8.53. The van der Waals surface area contributed by atoms with Gasteiger partial charge in [0.2, 0.25) is 5.88 Å². The van der Waals surface area contributed by atoms with Gasteiger partial charge in [-0.3, -0.25) is 0 Å². The third-order valence-corrected chi connectivity index (χ3v) is 5.12. The van der Waals surface area contributed by atoms with Crippen molar-refractivity contribution in [2.24, 2.45) is 0 Å². The van der Waals surface area contributed by atoms with Gasteiger partial charge in [-0.1, -0.05) is 19.1 Å². The van der Waals surface area contributed by atoms with Gasteiger partial charge in [0.1, 0.15) is 0 Å². The average molecular weight is 371 g/mol. The molecule has 4 nitrogen and oxygen atoms in total. The van der Waals surface area contributed by atoms with Crippen LogP contribution in [0.5, 0.6) is 5.88 Å². The number of benzene rings is 1. The van der Waals surface area contributed by atoms with Crippen molar-refractivity contribution in [3.8, 4) is 5.88 Å². The normalized spacial score (nSPS) is 13.0. The number of hydrogen-bond acceptors (Lipinski definition) is 6. The van der Waals surface area contributed by atoms with Gasteiger partial charge in [-0.05, 0) is 29.2 Å². The average Bonchev–Trinajstić information content (AvgIpc) is 3.16. The summed E-state index contributed by atoms with van der Waals surface area (Å²) in [5.74, 6) is 0.0681. The SMILES string of the molecule is C[C@H](c1ccc(Nc2nc(C(F)(F)F)cs2)cc1)c1cc(O)ns1. The molecule has 0 bridgehead atoms. The van der Waals surface area contributed by atoms with Crippen molar-refractivity contribution in [2.75, 3.05) is 5.32 Å². The minimum absolute atomic E-state index is 0.00405. The fourth-order valence-corrected chi connectivity index (χ4v) is 3.53. The van der Waals surface area contributed by atoms with Gasteiger partial charge in [-0.2, -0.15) is 17.5 Å². The highest BCUT2D eigenvalue weighted by Crippen LogP contribution is 2.33. The molecule has 0 aliphatic rings. The molecular formula is C15H12F3N3OS2. The van der Waals surface area contributed by atoms with Gasteiger partial charge in [0.15, 0.2) is 10.8 Å². The van der Waals surface area contributed by atoms with E-state index in [2.05, 4.69) is 14.7 Å². The second-order valence-corrected chi connectivity index (χ2v) is 6.79. The quantitative estimate of drug-likeness (QED) is 0.660. The summed E-state index contributed by atoms with van der Waals surface area (Å²) in [5, 5.41) is 13.4. The smallest absolute Gasteiger partial charge is 0.434 e. The van der Waals surface area contributed by atoms with Gasteiger partial charge in [0.05, 0.1) is 0 Å². The molecule has 0 saturated heterocycles.